The molecular formula is C24H30IN5S. The second kappa shape index (κ2) is 12.2. The normalized spacial score (nSPS) is 15.3. The molecular weight excluding hydrogens is 517 g/mol. The molecule has 31 heavy (non-hydrogen) atoms. The Balaban J connectivity index is 0.00000272. The van der Waals surface area contributed by atoms with Crippen molar-refractivity contribution in [3.8, 4) is 11.3 Å². The molecule has 1 fully saturated rings. The first-order valence-electron chi connectivity index (χ1n) is 10.6. The molecule has 0 spiro atoms. The monoisotopic (exact) mass is 547 g/mol. The van der Waals surface area contributed by atoms with E-state index in [0.717, 1.165) is 23.8 Å². The van der Waals surface area contributed by atoms with Gasteiger partial charge in [-0.25, -0.2) is 0 Å². The summed E-state index contributed by atoms with van der Waals surface area (Å²) in [5.41, 5.74) is 3.33. The fourth-order valence-electron chi connectivity index (χ4n) is 3.92. The van der Waals surface area contributed by atoms with Gasteiger partial charge < -0.3 is 10.6 Å². The van der Waals surface area contributed by atoms with Gasteiger partial charge in [-0.05, 0) is 61.1 Å². The molecule has 5 nitrogen and oxygen atoms in total. The highest BCUT2D eigenvalue weighted by atomic mass is 127. The molecule has 7 heteroatoms. The van der Waals surface area contributed by atoms with E-state index < -0.39 is 0 Å². The maximum absolute atomic E-state index is 4.45. The van der Waals surface area contributed by atoms with Gasteiger partial charge >= 0.3 is 0 Å². The largest absolute Gasteiger partial charge is 0.354 e. The van der Waals surface area contributed by atoms with Gasteiger partial charge in [-0.3, -0.25) is 14.9 Å². The standard InChI is InChI=1S/C24H29N5S.HI/c1-25-24(28-18-22(23-11-7-15-30-23)29-13-4-5-14-29)27-17-19-8-6-9-20(16-19)21-10-2-3-12-26-21;/h2-3,6-12,15-16,22H,4-5,13-14,17-18H2,1H3,(H2,25,27,28);1H. The number of nitrogens with zero attached hydrogens (tertiary/aromatic N) is 3. The van der Waals surface area contributed by atoms with E-state index in [1.54, 1.807) is 0 Å². The van der Waals surface area contributed by atoms with Crippen LogP contribution in [-0.2, 0) is 6.54 Å². The smallest absolute Gasteiger partial charge is 0.191 e. The lowest BCUT2D eigenvalue weighted by molar-refractivity contribution is 0.249. The van der Waals surface area contributed by atoms with Crippen molar-refractivity contribution in [3.63, 3.8) is 0 Å². The van der Waals surface area contributed by atoms with E-state index in [0.29, 0.717) is 12.6 Å². The second-order valence-electron chi connectivity index (χ2n) is 7.50. The minimum Gasteiger partial charge on any atom is -0.354 e. The van der Waals surface area contributed by atoms with Crippen LogP contribution in [0.5, 0.6) is 0 Å². The van der Waals surface area contributed by atoms with Crippen molar-refractivity contribution in [2.24, 2.45) is 4.99 Å². The summed E-state index contributed by atoms with van der Waals surface area (Å²) in [6.07, 6.45) is 4.42. The van der Waals surface area contributed by atoms with E-state index in [1.807, 2.05) is 42.8 Å². The van der Waals surface area contributed by atoms with Crippen molar-refractivity contribution in [2.75, 3.05) is 26.7 Å². The predicted molar refractivity (Wildman–Crippen MR) is 141 cm³/mol. The molecule has 0 saturated carbocycles. The van der Waals surface area contributed by atoms with Crippen molar-refractivity contribution in [2.45, 2.75) is 25.4 Å². The van der Waals surface area contributed by atoms with Crippen LogP contribution in [0.3, 0.4) is 0 Å². The van der Waals surface area contributed by atoms with Crippen LogP contribution in [0.15, 0.2) is 71.2 Å². The lowest BCUT2D eigenvalue weighted by Gasteiger charge is -2.27. The second-order valence-corrected chi connectivity index (χ2v) is 8.48. The summed E-state index contributed by atoms with van der Waals surface area (Å²) in [6, 6.07) is 19.3. The highest BCUT2D eigenvalue weighted by Gasteiger charge is 2.24. The van der Waals surface area contributed by atoms with Crippen LogP contribution >= 0.6 is 35.3 Å². The first kappa shape index (κ1) is 23.7. The molecule has 1 aromatic carbocycles. The van der Waals surface area contributed by atoms with Gasteiger partial charge in [0.15, 0.2) is 5.96 Å². The number of guanidine groups is 1. The van der Waals surface area contributed by atoms with Crippen LogP contribution < -0.4 is 10.6 Å². The zero-order valence-corrected chi connectivity index (χ0v) is 21.0. The predicted octanol–water partition coefficient (Wildman–Crippen LogP) is 4.93. The maximum atomic E-state index is 4.45. The minimum absolute atomic E-state index is 0. The molecule has 3 aromatic rings. The summed E-state index contributed by atoms with van der Waals surface area (Å²) in [7, 11) is 1.83. The van der Waals surface area contributed by atoms with E-state index in [1.165, 1.54) is 36.4 Å². The third-order valence-corrected chi connectivity index (χ3v) is 6.46. The van der Waals surface area contributed by atoms with E-state index in [4.69, 9.17) is 0 Å². The van der Waals surface area contributed by atoms with Crippen LogP contribution in [0.2, 0.25) is 0 Å². The molecule has 1 unspecified atom stereocenters. The summed E-state index contributed by atoms with van der Waals surface area (Å²) >= 11 is 1.84. The maximum Gasteiger partial charge on any atom is 0.191 e. The first-order chi connectivity index (χ1) is 14.8. The quantitative estimate of drug-likeness (QED) is 0.250. The van der Waals surface area contributed by atoms with Gasteiger partial charge in [0.25, 0.3) is 0 Å². The van der Waals surface area contributed by atoms with Gasteiger partial charge in [0.2, 0.25) is 0 Å². The molecule has 0 bridgehead atoms. The van der Waals surface area contributed by atoms with Crippen molar-refractivity contribution < 1.29 is 0 Å². The van der Waals surface area contributed by atoms with Gasteiger partial charge in [-0.15, -0.1) is 35.3 Å². The molecule has 0 amide bonds. The molecule has 3 heterocycles. The van der Waals surface area contributed by atoms with Crippen molar-refractivity contribution in [3.05, 3.63) is 76.6 Å². The lowest BCUT2D eigenvalue weighted by Crippen LogP contribution is -2.42. The number of aliphatic imine (C=N–C) groups is 1. The van der Waals surface area contributed by atoms with Crippen LogP contribution in [0.1, 0.15) is 29.3 Å². The summed E-state index contributed by atoms with van der Waals surface area (Å²) in [6.45, 7) is 3.93. The molecule has 0 radical (unpaired) electrons. The molecule has 1 atom stereocenters. The number of benzene rings is 1. The third-order valence-electron chi connectivity index (χ3n) is 5.49. The molecule has 2 aromatic heterocycles. The fourth-order valence-corrected chi connectivity index (χ4v) is 4.78. The van der Waals surface area contributed by atoms with E-state index in [2.05, 4.69) is 67.3 Å². The summed E-state index contributed by atoms with van der Waals surface area (Å²) in [5.74, 6) is 0.832. The highest BCUT2D eigenvalue weighted by molar-refractivity contribution is 14.0. The highest BCUT2D eigenvalue weighted by Crippen LogP contribution is 2.27. The number of pyridine rings is 1. The third kappa shape index (κ3) is 6.51. The van der Waals surface area contributed by atoms with Crippen LogP contribution in [0.4, 0.5) is 0 Å². The molecule has 4 rings (SSSR count). The van der Waals surface area contributed by atoms with Crippen LogP contribution in [0.25, 0.3) is 11.3 Å². The SMILES string of the molecule is CN=C(NCc1cccc(-c2ccccn2)c1)NCC(c1cccs1)N1CCCC1.I. The van der Waals surface area contributed by atoms with Crippen molar-refractivity contribution >= 4 is 41.3 Å². The number of hydrogen-bond acceptors (Lipinski definition) is 4. The Bertz CT molecular complexity index is 940. The van der Waals surface area contributed by atoms with Gasteiger partial charge in [-0.2, -0.15) is 0 Å². The van der Waals surface area contributed by atoms with Gasteiger partial charge in [-0.1, -0.05) is 30.3 Å². The Kier molecular flexibility index (Phi) is 9.30. The number of likely N-dealkylation sites (tertiary alicyclic amines) is 1. The summed E-state index contributed by atoms with van der Waals surface area (Å²) in [4.78, 5) is 12.9. The van der Waals surface area contributed by atoms with Gasteiger partial charge in [0.05, 0.1) is 11.7 Å². The molecule has 2 N–H and O–H groups in total. The molecule has 1 aliphatic heterocycles. The Morgan fingerprint density at radius 1 is 1.10 bits per heavy atom. The van der Waals surface area contributed by atoms with E-state index >= 15 is 0 Å². The number of aromatic nitrogens is 1. The molecule has 1 aliphatic rings. The fraction of sp³-hybridized carbons (Fsp3) is 0.333. The molecule has 1 saturated heterocycles. The Morgan fingerprint density at radius 3 is 2.68 bits per heavy atom. The lowest BCUT2D eigenvalue weighted by atomic mass is 10.1. The zero-order chi connectivity index (χ0) is 20.6. The summed E-state index contributed by atoms with van der Waals surface area (Å²) < 4.78 is 0. The number of halogens is 1. The topological polar surface area (TPSA) is 52.6 Å². The van der Waals surface area contributed by atoms with Crippen molar-refractivity contribution in [1.29, 1.82) is 0 Å². The van der Waals surface area contributed by atoms with Gasteiger partial charge in [0, 0.05) is 36.8 Å². The van der Waals surface area contributed by atoms with E-state index in [-0.39, 0.29) is 24.0 Å². The van der Waals surface area contributed by atoms with Crippen molar-refractivity contribution in [1.82, 2.24) is 20.5 Å². The average Bonchev–Trinajstić information content (AvgIpc) is 3.52. The Labute approximate surface area is 206 Å². The van der Waals surface area contributed by atoms with Gasteiger partial charge in [0.1, 0.15) is 0 Å². The zero-order valence-electron chi connectivity index (χ0n) is 17.8. The number of hydrogen-bond donors (Lipinski definition) is 2. The Morgan fingerprint density at radius 2 is 1.97 bits per heavy atom. The molecule has 164 valence electrons. The van der Waals surface area contributed by atoms with E-state index in [9.17, 15) is 0 Å². The molecule has 0 aliphatic carbocycles. The minimum atomic E-state index is 0. The van der Waals surface area contributed by atoms with Crippen LogP contribution in [-0.4, -0.2) is 42.5 Å². The number of thiophene rings is 1. The van der Waals surface area contributed by atoms with Crippen LogP contribution in [0, 0.1) is 0 Å². The first-order valence-corrected chi connectivity index (χ1v) is 11.4. The number of rotatable bonds is 7. The Hall–Kier alpha value is -1.97. The number of nitrogens with one attached hydrogen (secondary N) is 2. The average molecular weight is 548 g/mol. The summed E-state index contributed by atoms with van der Waals surface area (Å²) in [5, 5.41) is 9.17.